The van der Waals surface area contributed by atoms with Crippen LogP contribution in [0.2, 0.25) is 0 Å². The summed E-state index contributed by atoms with van der Waals surface area (Å²) in [4.78, 5) is 2.75. The molecule has 14 heavy (non-hydrogen) atoms. The summed E-state index contributed by atoms with van der Waals surface area (Å²) in [5.41, 5.74) is 0. The van der Waals surface area contributed by atoms with Gasteiger partial charge < -0.3 is 4.90 Å². The average Bonchev–Trinajstić information content (AvgIpc) is 2.46. The zero-order chi connectivity index (χ0) is 9.97. The third-order valence-electron chi connectivity index (χ3n) is 4.02. The lowest BCUT2D eigenvalue weighted by molar-refractivity contribution is 0.238. The molecule has 1 heteroatoms. The number of fused-ring (bicyclic) bond motifs is 4. The van der Waals surface area contributed by atoms with E-state index in [1.54, 1.807) is 0 Å². The van der Waals surface area contributed by atoms with E-state index in [0.29, 0.717) is 0 Å². The summed E-state index contributed by atoms with van der Waals surface area (Å²) in [6, 6.07) is 0. The largest absolute Gasteiger partial charge is 0.303 e. The van der Waals surface area contributed by atoms with E-state index < -0.39 is 0 Å². The molecule has 0 aromatic heterocycles. The van der Waals surface area contributed by atoms with Gasteiger partial charge in [0, 0.05) is 13.1 Å². The number of nitrogens with zero attached hydrogens (tertiary/aromatic N) is 1. The minimum absolute atomic E-state index is 0.871. The van der Waals surface area contributed by atoms with Crippen LogP contribution in [-0.2, 0) is 0 Å². The van der Waals surface area contributed by atoms with Crippen LogP contribution in [0.25, 0.3) is 0 Å². The molecule has 1 saturated carbocycles. The van der Waals surface area contributed by atoms with Gasteiger partial charge >= 0.3 is 0 Å². The van der Waals surface area contributed by atoms with Crippen LogP contribution in [0.15, 0.2) is 0 Å². The fraction of sp³-hybridized carbons (Fsp3) is 1.00. The molecule has 0 unspecified atom stereocenters. The minimum atomic E-state index is 0.871. The molecule has 2 aliphatic heterocycles. The molecule has 1 nitrogen and oxygen atoms in total. The van der Waals surface area contributed by atoms with Crippen molar-refractivity contribution in [2.24, 2.45) is 17.8 Å². The average molecular weight is 195 g/mol. The molecule has 3 fully saturated rings. The summed E-state index contributed by atoms with van der Waals surface area (Å²) in [5, 5.41) is 0. The van der Waals surface area contributed by atoms with E-state index in [9.17, 15) is 0 Å². The van der Waals surface area contributed by atoms with Crippen molar-refractivity contribution in [3.05, 3.63) is 0 Å². The Labute approximate surface area is 88.9 Å². The van der Waals surface area contributed by atoms with E-state index in [1.807, 2.05) is 0 Å². The van der Waals surface area contributed by atoms with Crippen LogP contribution in [0.3, 0.4) is 0 Å². The van der Waals surface area contributed by atoms with Crippen molar-refractivity contribution in [2.75, 3.05) is 19.6 Å². The van der Waals surface area contributed by atoms with Crippen molar-refractivity contribution in [3.63, 3.8) is 0 Å². The Morgan fingerprint density at radius 3 is 1.93 bits per heavy atom. The predicted octanol–water partition coefficient (Wildman–Crippen LogP) is 3.15. The summed E-state index contributed by atoms with van der Waals surface area (Å²) in [7, 11) is 0. The van der Waals surface area contributed by atoms with E-state index in [4.69, 9.17) is 0 Å². The molecular formula is C13H25N. The van der Waals surface area contributed by atoms with Gasteiger partial charge in [-0.15, -0.1) is 0 Å². The lowest BCUT2D eigenvalue weighted by atomic mass is 9.84. The van der Waals surface area contributed by atoms with Gasteiger partial charge in [-0.25, -0.2) is 0 Å². The van der Waals surface area contributed by atoms with E-state index in [-0.39, 0.29) is 0 Å². The zero-order valence-electron chi connectivity index (χ0n) is 9.84. The molecule has 0 spiro atoms. The van der Waals surface area contributed by atoms with Gasteiger partial charge in [0.15, 0.2) is 0 Å². The highest BCUT2D eigenvalue weighted by Crippen LogP contribution is 2.33. The molecule has 0 atom stereocenters. The molecule has 3 rings (SSSR count). The molecule has 2 bridgehead atoms. The van der Waals surface area contributed by atoms with Crippen molar-refractivity contribution in [3.8, 4) is 0 Å². The highest BCUT2D eigenvalue weighted by atomic mass is 15.1. The molecule has 2 saturated heterocycles. The highest BCUT2D eigenvalue weighted by molar-refractivity contribution is 4.82. The Kier molecular flexibility index (Phi) is 3.48. The lowest BCUT2D eigenvalue weighted by Gasteiger charge is -2.22. The third kappa shape index (κ3) is 2.73. The van der Waals surface area contributed by atoms with E-state index in [1.165, 1.54) is 51.7 Å². The van der Waals surface area contributed by atoms with Gasteiger partial charge in [0.1, 0.15) is 0 Å². The SMILES string of the molecule is CC(C)CCN1CC2CCC(CC2)C1. The first kappa shape index (κ1) is 10.5. The second kappa shape index (κ2) is 4.65. The topological polar surface area (TPSA) is 3.24 Å². The molecule has 0 aromatic rings. The summed E-state index contributed by atoms with van der Waals surface area (Å²) in [6.07, 6.45) is 7.46. The van der Waals surface area contributed by atoms with Crippen LogP contribution in [0, 0.1) is 17.8 Å². The number of rotatable bonds is 3. The minimum Gasteiger partial charge on any atom is -0.303 e. The van der Waals surface area contributed by atoms with Crippen LogP contribution >= 0.6 is 0 Å². The Morgan fingerprint density at radius 2 is 1.50 bits per heavy atom. The molecule has 82 valence electrons. The third-order valence-corrected chi connectivity index (χ3v) is 4.02. The van der Waals surface area contributed by atoms with E-state index in [2.05, 4.69) is 18.7 Å². The molecule has 2 heterocycles. The molecule has 0 N–H and O–H groups in total. The highest BCUT2D eigenvalue weighted by Gasteiger charge is 2.28. The van der Waals surface area contributed by atoms with Crippen LogP contribution in [0.4, 0.5) is 0 Å². The van der Waals surface area contributed by atoms with Crippen LogP contribution in [0.5, 0.6) is 0 Å². The maximum atomic E-state index is 2.75. The molecule has 0 aromatic carbocycles. The standard InChI is InChI=1S/C13H25N/c1-11(2)7-8-14-9-12-3-4-13(10-14)6-5-12/h11-13H,3-10H2,1-2H3. The smallest absolute Gasteiger partial charge is 0.000978 e. The van der Waals surface area contributed by atoms with Crippen molar-refractivity contribution in [1.82, 2.24) is 4.90 Å². The lowest BCUT2D eigenvalue weighted by Crippen LogP contribution is -2.30. The monoisotopic (exact) mass is 195 g/mol. The normalized spacial score (nSPS) is 33.6. The Morgan fingerprint density at radius 1 is 1.00 bits per heavy atom. The van der Waals surface area contributed by atoms with Crippen molar-refractivity contribution >= 4 is 0 Å². The van der Waals surface area contributed by atoms with Gasteiger partial charge in [0.05, 0.1) is 0 Å². The first-order chi connectivity index (χ1) is 6.74. The Hall–Kier alpha value is -0.0400. The molecular weight excluding hydrogens is 170 g/mol. The Bertz CT molecular complexity index is 154. The molecule has 1 aliphatic carbocycles. The molecule has 0 radical (unpaired) electrons. The van der Waals surface area contributed by atoms with Gasteiger partial charge in [0.2, 0.25) is 0 Å². The first-order valence-electron chi connectivity index (χ1n) is 6.46. The van der Waals surface area contributed by atoms with E-state index in [0.717, 1.165) is 17.8 Å². The van der Waals surface area contributed by atoms with Gasteiger partial charge in [0.25, 0.3) is 0 Å². The fourth-order valence-electron chi connectivity index (χ4n) is 3.02. The Balaban J connectivity index is 1.82. The van der Waals surface area contributed by atoms with Crippen LogP contribution in [0.1, 0.15) is 46.0 Å². The van der Waals surface area contributed by atoms with Crippen molar-refractivity contribution in [2.45, 2.75) is 46.0 Å². The zero-order valence-corrected chi connectivity index (χ0v) is 9.84. The molecule has 0 amide bonds. The fourth-order valence-corrected chi connectivity index (χ4v) is 3.02. The van der Waals surface area contributed by atoms with Gasteiger partial charge in [-0.05, 0) is 56.4 Å². The van der Waals surface area contributed by atoms with Crippen molar-refractivity contribution in [1.29, 1.82) is 0 Å². The van der Waals surface area contributed by atoms with Crippen LogP contribution in [-0.4, -0.2) is 24.5 Å². The van der Waals surface area contributed by atoms with E-state index >= 15 is 0 Å². The second-order valence-electron chi connectivity index (χ2n) is 5.83. The summed E-state index contributed by atoms with van der Waals surface area (Å²) >= 11 is 0. The maximum absolute atomic E-state index is 2.75. The summed E-state index contributed by atoms with van der Waals surface area (Å²) < 4.78 is 0. The first-order valence-corrected chi connectivity index (χ1v) is 6.46. The van der Waals surface area contributed by atoms with Gasteiger partial charge in [-0.1, -0.05) is 13.8 Å². The quantitative estimate of drug-likeness (QED) is 0.668. The van der Waals surface area contributed by atoms with Gasteiger partial charge in [-0.2, -0.15) is 0 Å². The maximum Gasteiger partial charge on any atom is 0.000978 e. The summed E-state index contributed by atoms with van der Waals surface area (Å²) in [5.74, 6) is 2.96. The number of hydrogen-bond acceptors (Lipinski definition) is 1. The predicted molar refractivity (Wildman–Crippen MR) is 61.3 cm³/mol. The van der Waals surface area contributed by atoms with Crippen LogP contribution < -0.4 is 0 Å². The second-order valence-corrected chi connectivity index (χ2v) is 5.83. The number of hydrogen-bond donors (Lipinski definition) is 0. The molecule has 3 aliphatic rings. The van der Waals surface area contributed by atoms with Crippen molar-refractivity contribution < 1.29 is 0 Å². The summed E-state index contributed by atoms with van der Waals surface area (Å²) in [6.45, 7) is 8.84. The van der Waals surface area contributed by atoms with Gasteiger partial charge in [-0.3, -0.25) is 0 Å².